The Balaban J connectivity index is 1.76. The number of rotatable bonds is 6. The van der Waals surface area contributed by atoms with Crippen molar-refractivity contribution in [1.82, 2.24) is 28.3 Å². The molecule has 166 valence electrons. The molecule has 0 aliphatic carbocycles. The summed E-state index contributed by atoms with van der Waals surface area (Å²) in [5, 5.41) is 9.09. The number of aryl methyl sites for hydroxylation is 1. The number of benzene rings is 1. The fraction of sp³-hybridized carbons (Fsp3) is 0.300. The summed E-state index contributed by atoms with van der Waals surface area (Å²) in [4.78, 5) is 50.5. The number of thioether (sulfide) groups is 1. The molecule has 2 N–H and O–H groups in total. The van der Waals surface area contributed by atoms with Gasteiger partial charge in [0, 0.05) is 20.6 Å². The molecule has 4 aromatic rings. The summed E-state index contributed by atoms with van der Waals surface area (Å²) in [7, 11) is 2.92. The van der Waals surface area contributed by atoms with Gasteiger partial charge in [0.15, 0.2) is 10.9 Å². The summed E-state index contributed by atoms with van der Waals surface area (Å²) in [6, 6.07) is 7.04. The molecule has 0 bridgehead atoms. The number of hydrogen-bond acceptors (Lipinski definition) is 8. The van der Waals surface area contributed by atoms with Crippen LogP contribution in [-0.2, 0) is 20.6 Å². The highest BCUT2D eigenvalue weighted by Gasteiger charge is 2.23. The lowest BCUT2D eigenvalue weighted by Gasteiger charge is -2.13. The Kier molecular flexibility index (Phi) is 5.46. The van der Waals surface area contributed by atoms with Crippen LogP contribution in [0.2, 0.25) is 0 Å². The van der Waals surface area contributed by atoms with Crippen molar-refractivity contribution in [2.24, 2.45) is 14.1 Å². The van der Waals surface area contributed by atoms with Crippen LogP contribution in [0.4, 0.5) is 5.82 Å². The maximum atomic E-state index is 13.0. The van der Waals surface area contributed by atoms with E-state index in [1.54, 1.807) is 35.7 Å². The number of aromatic nitrogens is 6. The van der Waals surface area contributed by atoms with E-state index >= 15 is 0 Å². The lowest BCUT2D eigenvalue weighted by molar-refractivity contribution is 0.102. The van der Waals surface area contributed by atoms with Crippen LogP contribution in [0.25, 0.3) is 16.7 Å². The van der Waals surface area contributed by atoms with E-state index < -0.39 is 17.0 Å². The highest BCUT2D eigenvalue weighted by molar-refractivity contribution is 7.99. The summed E-state index contributed by atoms with van der Waals surface area (Å²) in [6.07, 6.45) is 0.613. The molecule has 0 fully saturated rings. The van der Waals surface area contributed by atoms with Crippen LogP contribution in [0, 0.1) is 0 Å². The first-order chi connectivity index (χ1) is 15.3. The molecule has 3 aromatic heterocycles. The summed E-state index contributed by atoms with van der Waals surface area (Å²) in [5.41, 5.74) is 4.93. The number of nitrogens with two attached hydrogens (primary N) is 1. The van der Waals surface area contributed by atoms with Crippen LogP contribution in [0.1, 0.15) is 23.7 Å². The fourth-order valence-electron chi connectivity index (χ4n) is 3.59. The molecule has 11 nitrogen and oxygen atoms in total. The van der Waals surface area contributed by atoms with Crippen LogP contribution in [0.3, 0.4) is 0 Å². The highest BCUT2D eigenvalue weighted by Crippen LogP contribution is 2.22. The predicted octanol–water partition coefficient (Wildman–Crippen LogP) is 0.409. The minimum Gasteiger partial charge on any atom is -0.384 e. The Morgan fingerprint density at radius 2 is 1.78 bits per heavy atom. The van der Waals surface area contributed by atoms with Gasteiger partial charge in [-0.3, -0.25) is 32.5 Å². The quantitative estimate of drug-likeness (QED) is 0.326. The van der Waals surface area contributed by atoms with Gasteiger partial charge in [0.25, 0.3) is 11.1 Å². The number of anilines is 1. The van der Waals surface area contributed by atoms with Gasteiger partial charge in [-0.05, 0) is 18.6 Å². The van der Waals surface area contributed by atoms with Gasteiger partial charge in [-0.1, -0.05) is 30.8 Å². The zero-order chi connectivity index (χ0) is 23.2. The topological polar surface area (TPSA) is 139 Å². The van der Waals surface area contributed by atoms with Crippen molar-refractivity contribution in [3.63, 3.8) is 0 Å². The summed E-state index contributed by atoms with van der Waals surface area (Å²) in [5.74, 6) is -0.481. The van der Waals surface area contributed by atoms with E-state index in [1.807, 2.05) is 6.92 Å². The molecule has 0 amide bonds. The van der Waals surface area contributed by atoms with Crippen molar-refractivity contribution in [1.29, 1.82) is 0 Å². The third-order valence-electron chi connectivity index (χ3n) is 5.24. The first-order valence-corrected chi connectivity index (χ1v) is 10.8. The van der Waals surface area contributed by atoms with Gasteiger partial charge in [0.2, 0.25) is 5.78 Å². The summed E-state index contributed by atoms with van der Waals surface area (Å²) < 4.78 is 5.19. The standard InChI is InChI=1S/C20H21N7O4S/c1-4-9-26-15(21)14(17(30)25(3)20(26)31)13(28)10-32-19-23-22-18-24(2)16(29)11-7-5-6-8-12(11)27(18)19/h5-8H,4,9-10,21H2,1-3H3. The van der Waals surface area contributed by atoms with Gasteiger partial charge in [0.1, 0.15) is 11.4 Å². The number of carbonyl (C=O) groups is 1. The van der Waals surface area contributed by atoms with Crippen molar-refractivity contribution < 1.29 is 4.79 Å². The van der Waals surface area contributed by atoms with Crippen LogP contribution in [-0.4, -0.2) is 39.8 Å². The van der Waals surface area contributed by atoms with Crippen LogP contribution in [0.5, 0.6) is 0 Å². The maximum Gasteiger partial charge on any atom is 0.332 e. The normalized spacial score (nSPS) is 11.5. The maximum absolute atomic E-state index is 13.0. The summed E-state index contributed by atoms with van der Waals surface area (Å²) >= 11 is 1.07. The zero-order valence-electron chi connectivity index (χ0n) is 17.7. The molecule has 1 aromatic carbocycles. The van der Waals surface area contributed by atoms with Crippen molar-refractivity contribution in [3.05, 3.63) is 61.0 Å². The van der Waals surface area contributed by atoms with Gasteiger partial charge < -0.3 is 5.73 Å². The van der Waals surface area contributed by atoms with Crippen LogP contribution in [0.15, 0.2) is 43.8 Å². The van der Waals surface area contributed by atoms with Crippen molar-refractivity contribution in [2.45, 2.75) is 25.0 Å². The van der Waals surface area contributed by atoms with E-state index in [1.165, 1.54) is 16.2 Å². The zero-order valence-corrected chi connectivity index (χ0v) is 18.5. The SMILES string of the molecule is CCCn1c(N)c(C(=O)CSc2nnc3n(C)c(=O)c4ccccc4n23)c(=O)n(C)c1=O. The lowest BCUT2D eigenvalue weighted by atomic mass is 10.2. The molecular formula is C20H21N7O4S. The Bertz CT molecular complexity index is 1560. The van der Waals surface area contributed by atoms with E-state index in [9.17, 15) is 19.2 Å². The second-order valence-electron chi connectivity index (χ2n) is 7.27. The number of nitrogen functional groups attached to an aromatic ring is 1. The Morgan fingerprint density at radius 3 is 2.50 bits per heavy atom. The molecule has 0 unspecified atom stereocenters. The number of hydrogen-bond donors (Lipinski definition) is 1. The number of ketones is 1. The molecule has 0 saturated heterocycles. The third kappa shape index (κ3) is 3.23. The average molecular weight is 456 g/mol. The Labute approximate surface area is 185 Å². The monoisotopic (exact) mass is 455 g/mol. The largest absolute Gasteiger partial charge is 0.384 e. The fourth-order valence-corrected chi connectivity index (χ4v) is 4.40. The molecule has 0 spiro atoms. The van der Waals surface area contributed by atoms with E-state index in [-0.39, 0.29) is 22.7 Å². The molecule has 12 heteroatoms. The first-order valence-electron chi connectivity index (χ1n) is 9.86. The molecule has 32 heavy (non-hydrogen) atoms. The Hall–Kier alpha value is -3.67. The number of carbonyl (C=O) groups excluding carboxylic acids is 1. The molecule has 0 aliphatic rings. The van der Waals surface area contributed by atoms with Gasteiger partial charge in [-0.2, -0.15) is 0 Å². The van der Waals surface area contributed by atoms with Crippen molar-refractivity contribution >= 4 is 40.0 Å². The van der Waals surface area contributed by atoms with Gasteiger partial charge in [-0.25, -0.2) is 4.79 Å². The predicted molar refractivity (Wildman–Crippen MR) is 121 cm³/mol. The second-order valence-corrected chi connectivity index (χ2v) is 8.21. The van der Waals surface area contributed by atoms with Crippen LogP contribution >= 0.6 is 11.8 Å². The van der Waals surface area contributed by atoms with Crippen molar-refractivity contribution in [3.8, 4) is 0 Å². The minimum absolute atomic E-state index is 0.135. The van der Waals surface area contributed by atoms with E-state index in [2.05, 4.69) is 10.2 Å². The number of Topliss-reactive ketones (excluding diaryl/α,β-unsaturated/α-hetero) is 1. The molecule has 3 heterocycles. The highest BCUT2D eigenvalue weighted by atomic mass is 32.2. The molecule has 0 atom stereocenters. The van der Waals surface area contributed by atoms with Gasteiger partial charge in [-0.15, -0.1) is 10.2 Å². The van der Waals surface area contributed by atoms with Gasteiger partial charge in [0.05, 0.1) is 16.7 Å². The first kappa shape index (κ1) is 21.6. The second kappa shape index (κ2) is 8.11. The summed E-state index contributed by atoms with van der Waals surface area (Å²) in [6.45, 7) is 2.16. The van der Waals surface area contributed by atoms with E-state index in [4.69, 9.17) is 5.73 Å². The minimum atomic E-state index is -0.732. The van der Waals surface area contributed by atoms with E-state index in [0.717, 1.165) is 16.3 Å². The number of para-hydroxylation sites is 1. The van der Waals surface area contributed by atoms with Crippen molar-refractivity contribution in [2.75, 3.05) is 11.5 Å². The molecule has 0 aliphatic heterocycles. The third-order valence-corrected chi connectivity index (χ3v) is 6.17. The molecular weight excluding hydrogens is 434 g/mol. The number of fused-ring (bicyclic) bond motifs is 3. The van der Waals surface area contributed by atoms with Gasteiger partial charge >= 0.3 is 5.69 Å². The number of nitrogens with zero attached hydrogens (tertiary/aromatic N) is 6. The molecule has 0 radical (unpaired) electrons. The smallest absolute Gasteiger partial charge is 0.332 e. The Morgan fingerprint density at radius 1 is 1.06 bits per heavy atom. The lowest BCUT2D eigenvalue weighted by Crippen LogP contribution is -2.42. The molecule has 0 saturated carbocycles. The molecule has 4 rings (SSSR count). The van der Waals surface area contributed by atoms with Crippen LogP contribution < -0.4 is 22.5 Å². The van der Waals surface area contributed by atoms with E-state index in [0.29, 0.717) is 34.8 Å². The average Bonchev–Trinajstić information content (AvgIpc) is 3.22.